The summed E-state index contributed by atoms with van der Waals surface area (Å²) in [5.74, 6) is -1.32. The first-order valence-electron chi connectivity index (χ1n) is 13.5. The summed E-state index contributed by atoms with van der Waals surface area (Å²) in [7, 11) is 3.47. The molecule has 40 heavy (non-hydrogen) atoms. The molecule has 5 rings (SSSR count). The van der Waals surface area contributed by atoms with Gasteiger partial charge in [0.1, 0.15) is 17.1 Å². The number of rotatable bonds is 6. The first kappa shape index (κ1) is 27.6. The molecule has 4 amide bonds. The molecule has 1 saturated heterocycles. The summed E-state index contributed by atoms with van der Waals surface area (Å²) in [6.07, 6.45) is 5.56. The summed E-state index contributed by atoms with van der Waals surface area (Å²) >= 11 is 5.92. The van der Waals surface area contributed by atoms with Crippen molar-refractivity contribution in [3.63, 3.8) is 0 Å². The molecular formula is C29H32ClN5O5. The predicted molar refractivity (Wildman–Crippen MR) is 151 cm³/mol. The van der Waals surface area contributed by atoms with Crippen LogP contribution in [0.3, 0.4) is 0 Å². The monoisotopic (exact) mass is 565 g/mol. The van der Waals surface area contributed by atoms with Crippen molar-refractivity contribution in [1.29, 1.82) is 0 Å². The minimum Gasteiger partial charge on any atom is -0.449 e. The van der Waals surface area contributed by atoms with E-state index in [1.165, 1.54) is 6.20 Å². The van der Waals surface area contributed by atoms with Crippen molar-refractivity contribution >= 4 is 57.7 Å². The predicted octanol–water partition coefficient (Wildman–Crippen LogP) is 4.80. The highest BCUT2D eigenvalue weighted by atomic mass is 35.5. The Morgan fingerprint density at radius 1 is 0.975 bits per heavy atom. The van der Waals surface area contributed by atoms with Gasteiger partial charge in [-0.2, -0.15) is 0 Å². The summed E-state index contributed by atoms with van der Waals surface area (Å²) in [5.41, 5.74) is 0.832. The lowest BCUT2D eigenvalue weighted by molar-refractivity contribution is -0.135. The average Bonchev–Trinajstić information content (AvgIpc) is 3.62. The smallest absolute Gasteiger partial charge is 0.294 e. The largest absolute Gasteiger partial charge is 0.449 e. The zero-order valence-electron chi connectivity index (χ0n) is 22.5. The molecule has 2 aliphatic rings. The fraction of sp³-hybridized carbons (Fsp3) is 0.414. The number of fused-ring (bicyclic) bond motifs is 1. The maximum absolute atomic E-state index is 13.5. The number of nitrogens with one attached hydrogen (secondary N) is 2. The number of hydrogen-bond donors (Lipinski definition) is 2. The summed E-state index contributed by atoms with van der Waals surface area (Å²) in [5, 5.41) is 6.42. The average molecular weight is 566 g/mol. The molecule has 0 unspecified atom stereocenters. The Bertz CT molecular complexity index is 1440. The summed E-state index contributed by atoms with van der Waals surface area (Å²) < 4.78 is 5.97. The number of nitrogens with zero attached hydrogens (tertiary/aromatic N) is 3. The van der Waals surface area contributed by atoms with Crippen molar-refractivity contribution in [2.45, 2.75) is 38.5 Å². The first-order chi connectivity index (χ1) is 19.2. The molecule has 1 aliphatic heterocycles. The van der Waals surface area contributed by atoms with E-state index < -0.39 is 5.91 Å². The van der Waals surface area contributed by atoms with Crippen LogP contribution in [0.25, 0.3) is 11.0 Å². The van der Waals surface area contributed by atoms with Gasteiger partial charge in [0, 0.05) is 45.2 Å². The third kappa shape index (κ3) is 5.67. The van der Waals surface area contributed by atoms with Crippen LogP contribution < -0.4 is 10.6 Å². The second-order valence-corrected chi connectivity index (χ2v) is 11.0. The lowest BCUT2D eigenvalue weighted by Crippen LogP contribution is -2.35. The van der Waals surface area contributed by atoms with Gasteiger partial charge in [0.25, 0.3) is 11.8 Å². The van der Waals surface area contributed by atoms with Crippen molar-refractivity contribution in [1.82, 2.24) is 14.8 Å². The lowest BCUT2D eigenvalue weighted by atomic mass is 9.81. The van der Waals surface area contributed by atoms with Crippen LogP contribution in [0, 0.1) is 11.8 Å². The lowest BCUT2D eigenvalue weighted by Gasteiger charge is -2.28. The van der Waals surface area contributed by atoms with Crippen LogP contribution in [0.4, 0.5) is 11.5 Å². The van der Waals surface area contributed by atoms with Gasteiger partial charge in [0.05, 0.1) is 16.0 Å². The number of carbonyl (C=O) groups excluding carboxylic acids is 4. The number of furan rings is 1. The number of anilines is 2. The molecule has 210 valence electrons. The van der Waals surface area contributed by atoms with E-state index in [0.717, 1.165) is 12.8 Å². The van der Waals surface area contributed by atoms with E-state index in [4.69, 9.17) is 16.0 Å². The molecule has 2 N–H and O–H groups in total. The Balaban J connectivity index is 1.47. The highest BCUT2D eigenvalue weighted by Gasteiger charge is 2.33. The molecule has 11 heteroatoms. The van der Waals surface area contributed by atoms with Gasteiger partial charge in [-0.05, 0) is 62.8 Å². The Morgan fingerprint density at radius 3 is 2.33 bits per heavy atom. The van der Waals surface area contributed by atoms with Crippen LogP contribution in [-0.2, 0) is 9.59 Å². The van der Waals surface area contributed by atoms with E-state index in [1.807, 2.05) is 0 Å². The Labute approximate surface area is 237 Å². The van der Waals surface area contributed by atoms with Gasteiger partial charge in [-0.15, -0.1) is 0 Å². The summed E-state index contributed by atoms with van der Waals surface area (Å²) in [4.78, 5) is 60.3. The van der Waals surface area contributed by atoms with Gasteiger partial charge in [-0.3, -0.25) is 19.2 Å². The molecule has 0 radical (unpaired) electrons. The normalized spacial score (nSPS) is 18.9. The number of likely N-dealkylation sites (tertiary alicyclic amines) is 1. The van der Waals surface area contributed by atoms with Crippen LogP contribution in [0.15, 0.2) is 40.9 Å². The first-order valence-corrected chi connectivity index (χ1v) is 13.9. The molecule has 0 bridgehead atoms. The zero-order chi connectivity index (χ0) is 28.4. The fourth-order valence-electron chi connectivity index (χ4n) is 5.51. The minimum atomic E-state index is -0.624. The number of aromatic nitrogens is 1. The van der Waals surface area contributed by atoms with Crippen molar-refractivity contribution in [3.8, 4) is 0 Å². The maximum atomic E-state index is 13.5. The van der Waals surface area contributed by atoms with Gasteiger partial charge in [0.15, 0.2) is 0 Å². The van der Waals surface area contributed by atoms with Gasteiger partial charge in [-0.25, -0.2) is 4.98 Å². The number of halogens is 1. The number of amides is 4. The van der Waals surface area contributed by atoms with Crippen molar-refractivity contribution < 1.29 is 23.6 Å². The zero-order valence-corrected chi connectivity index (χ0v) is 23.3. The number of carbonyl (C=O) groups is 4. The Kier molecular flexibility index (Phi) is 8.07. The number of benzene rings is 1. The fourth-order valence-corrected chi connectivity index (χ4v) is 5.62. The number of pyridine rings is 1. The Morgan fingerprint density at radius 2 is 1.68 bits per heavy atom. The second kappa shape index (κ2) is 11.7. The van der Waals surface area contributed by atoms with Crippen molar-refractivity contribution in [3.05, 3.63) is 52.9 Å². The topological polar surface area (TPSA) is 125 Å². The standard InChI is InChI=1S/C29H32ClN5O5/c1-34(2)28(38)18-10-8-17(9-11-18)26(36)33-24-23-20(29(39)35-14-3-4-15-35)6-5-7-21(23)40-25(24)27(37)32-22-13-12-19(30)16-31-22/h5-7,12-13,16-18H,3-4,8-11,14-15H2,1-2H3,(H,33,36)(H,31,32,37)/t17-,18-. The molecule has 2 aromatic heterocycles. The van der Waals surface area contributed by atoms with Crippen molar-refractivity contribution in [2.75, 3.05) is 37.8 Å². The molecule has 2 fully saturated rings. The second-order valence-electron chi connectivity index (χ2n) is 10.6. The van der Waals surface area contributed by atoms with Crippen LogP contribution in [0.5, 0.6) is 0 Å². The summed E-state index contributed by atoms with van der Waals surface area (Å²) in [6, 6.07) is 8.20. The highest BCUT2D eigenvalue weighted by Crippen LogP contribution is 2.37. The third-order valence-corrected chi connectivity index (χ3v) is 7.87. The maximum Gasteiger partial charge on any atom is 0.294 e. The van der Waals surface area contributed by atoms with E-state index in [1.54, 1.807) is 54.2 Å². The van der Waals surface area contributed by atoms with Crippen LogP contribution in [0.2, 0.25) is 5.02 Å². The summed E-state index contributed by atoms with van der Waals surface area (Å²) in [6.45, 7) is 1.30. The van der Waals surface area contributed by atoms with E-state index in [2.05, 4.69) is 15.6 Å². The third-order valence-electron chi connectivity index (χ3n) is 7.65. The van der Waals surface area contributed by atoms with Gasteiger partial charge in [0.2, 0.25) is 17.6 Å². The van der Waals surface area contributed by atoms with Gasteiger partial charge < -0.3 is 24.9 Å². The van der Waals surface area contributed by atoms with Crippen LogP contribution in [0.1, 0.15) is 59.4 Å². The molecule has 3 aromatic rings. The highest BCUT2D eigenvalue weighted by molar-refractivity contribution is 6.30. The van der Waals surface area contributed by atoms with Crippen molar-refractivity contribution in [2.24, 2.45) is 11.8 Å². The van der Waals surface area contributed by atoms with E-state index in [9.17, 15) is 19.2 Å². The van der Waals surface area contributed by atoms with E-state index in [0.29, 0.717) is 60.3 Å². The number of hydrogen-bond acceptors (Lipinski definition) is 6. The molecule has 10 nitrogen and oxygen atoms in total. The molecular weight excluding hydrogens is 534 g/mol. The molecule has 1 aromatic carbocycles. The Hall–Kier alpha value is -3.92. The SMILES string of the molecule is CN(C)C(=O)[C@H]1CC[C@H](C(=O)Nc2c(C(=O)Nc3ccc(Cl)cn3)oc3cccc(C(=O)N4CCCC4)c23)CC1. The molecule has 0 spiro atoms. The minimum absolute atomic E-state index is 0.0690. The van der Waals surface area contributed by atoms with Gasteiger partial charge in [-0.1, -0.05) is 17.7 Å². The van der Waals surface area contributed by atoms with E-state index >= 15 is 0 Å². The molecule has 0 atom stereocenters. The molecule has 1 aliphatic carbocycles. The van der Waals surface area contributed by atoms with Gasteiger partial charge >= 0.3 is 0 Å². The quantitative estimate of drug-likeness (QED) is 0.442. The van der Waals surface area contributed by atoms with Crippen LogP contribution >= 0.6 is 11.6 Å². The van der Waals surface area contributed by atoms with E-state index in [-0.39, 0.29) is 46.8 Å². The molecule has 3 heterocycles. The molecule has 1 saturated carbocycles. The van der Waals surface area contributed by atoms with Crippen LogP contribution in [-0.4, -0.2) is 65.6 Å².